The summed E-state index contributed by atoms with van der Waals surface area (Å²) in [6, 6.07) is 0. The molecular weight excluding hydrogens is 264 g/mol. The molecule has 2 aliphatic carbocycles. The summed E-state index contributed by atoms with van der Waals surface area (Å²) < 4.78 is 0. The molecule has 0 N–H and O–H groups in total. The summed E-state index contributed by atoms with van der Waals surface area (Å²) in [5, 5.41) is 0. The molecule has 2 saturated carbocycles. The van der Waals surface area contributed by atoms with Gasteiger partial charge in [-0.25, -0.2) is 0 Å². The smallest absolute Gasteiger partial charge is 0.0233 e. The van der Waals surface area contributed by atoms with Gasteiger partial charge >= 0.3 is 0 Å². The molecule has 0 nitrogen and oxygen atoms in total. The molecule has 22 heavy (non-hydrogen) atoms. The Hall–Kier alpha value is -0.520. The fourth-order valence-electron chi connectivity index (χ4n) is 4.41. The summed E-state index contributed by atoms with van der Waals surface area (Å²) in [6.07, 6.45) is 26.9. The van der Waals surface area contributed by atoms with Crippen LogP contribution in [0.15, 0.2) is 24.3 Å². The Morgan fingerprint density at radius 2 is 1.23 bits per heavy atom. The summed E-state index contributed by atoms with van der Waals surface area (Å²) in [6.45, 7) is 4.60. The first-order valence-corrected chi connectivity index (χ1v) is 10.1. The van der Waals surface area contributed by atoms with Gasteiger partial charge in [-0.1, -0.05) is 70.3 Å². The van der Waals surface area contributed by atoms with E-state index < -0.39 is 0 Å². The Morgan fingerprint density at radius 1 is 0.682 bits per heavy atom. The Bertz CT molecular complexity index is 322. The zero-order valence-corrected chi connectivity index (χ0v) is 15.1. The van der Waals surface area contributed by atoms with Gasteiger partial charge in [0.1, 0.15) is 0 Å². The molecule has 0 unspecified atom stereocenters. The Balaban J connectivity index is 1.56. The van der Waals surface area contributed by atoms with Crippen molar-refractivity contribution in [1.82, 2.24) is 0 Å². The van der Waals surface area contributed by atoms with Crippen LogP contribution in [0.5, 0.6) is 0 Å². The normalized spacial score (nSPS) is 33.7. The van der Waals surface area contributed by atoms with Gasteiger partial charge in [0.05, 0.1) is 0 Å². The van der Waals surface area contributed by atoms with Crippen LogP contribution in [0, 0.1) is 23.7 Å². The maximum Gasteiger partial charge on any atom is -0.0233 e. The number of hydrogen-bond acceptors (Lipinski definition) is 0. The van der Waals surface area contributed by atoms with Crippen molar-refractivity contribution in [3.63, 3.8) is 0 Å². The highest BCUT2D eigenvalue weighted by molar-refractivity contribution is 4.96. The van der Waals surface area contributed by atoms with Crippen LogP contribution in [0.3, 0.4) is 0 Å². The molecule has 126 valence electrons. The van der Waals surface area contributed by atoms with Crippen LogP contribution in [0.1, 0.15) is 90.9 Å². The third kappa shape index (κ3) is 6.31. The van der Waals surface area contributed by atoms with E-state index in [9.17, 15) is 0 Å². The van der Waals surface area contributed by atoms with Gasteiger partial charge in [-0.2, -0.15) is 0 Å². The molecule has 2 aliphatic rings. The third-order valence-corrected chi connectivity index (χ3v) is 6.15. The number of rotatable bonds is 7. The predicted octanol–water partition coefficient (Wildman–Crippen LogP) is 7.31. The van der Waals surface area contributed by atoms with Gasteiger partial charge in [-0.15, -0.1) is 0 Å². The summed E-state index contributed by atoms with van der Waals surface area (Å²) in [7, 11) is 0. The molecule has 0 bridgehead atoms. The van der Waals surface area contributed by atoms with E-state index in [-0.39, 0.29) is 0 Å². The minimum atomic E-state index is 0.873. The van der Waals surface area contributed by atoms with Crippen LogP contribution >= 0.6 is 0 Å². The lowest BCUT2D eigenvalue weighted by molar-refractivity contribution is 0.259. The van der Waals surface area contributed by atoms with Gasteiger partial charge in [0, 0.05) is 0 Å². The first kappa shape index (κ1) is 17.8. The highest BCUT2D eigenvalue weighted by Crippen LogP contribution is 2.34. The standard InChI is InChI=1S/C22H38/c1-3-5-8-20-15-17-22(18-16-20)10-7-6-9-21-13-11-19(4-2)12-14-21/h5,7-8,10,19-22H,3-4,6,9,11-18H2,1-2H3/b8-5+,10-7+. The number of hydrogen-bond donors (Lipinski definition) is 0. The average Bonchev–Trinajstić information content (AvgIpc) is 2.58. The molecule has 0 aliphatic heterocycles. The minimum absolute atomic E-state index is 0.873. The molecule has 0 atom stereocenters. The van der Waals surface area contributed by atoms with Crippen molar-refractivity contribution in [2.75, 3.05) is 0 Å². The first-order valence-electron chi connectivity index (χ1n) is 10.1. The van der Waals surface area contributed by atoms with Crippen LogP contribution in [0.25, 0.3) is 0 Å². The SMILES string of the molecule is CC/C=C/C1CCC(/C=C/CCC2CCC(CC)CC2)CC1. The van der Waals surface area contributed by atoms with E-state index in [0.29, 0.717) is 0 Å². The van der Waals surface area contributed by atoms with Crippen molar-refractivity contribution in [1.29, 1.82) is 0 Å². The van der Waals surface area contributed by atoms with Gasteiger partial charge < -0.3 is 0 Å². The van der Waals surface area contributed by atoms with E-state index in [0.717, 1.165) is 23.7 Å². The van der Waals surface area contributed by atoms with Crippen LogP contribution < -0.4 is 0 Å². The van der Waals surface area contributed by atoms with Crippen molar-refractivity contribution in [3.8, 4) is 0 Å². The maximum absolute atomic E-state index is 2.55. The van der Waals surface area contributed by atoms with Crippen molar-refractivity contribution in [3.05, 3.63) is 24.3 Å². The minimum Gasteiger partial charge on any atom is -0.0885 e. The highest BCUT2D eigenvalue weighted by atomic mass is 14.3. The summed E-state index contributed by atoms with van der Waals surface area (Å²) in [5.41, 5.74) is 0. The van der Waals surface area contributed by atoms with Crippen LogP contribution in [-0.4, -0.2) is 0 Å². The molecule has 2 fully saturated rings. The van der Waals surface area contributed by atoms with Gasteiger partial charge in [-0.05, 0) is 68.6 Å². The molecule has 0 radical (unpaired) electrons. The van der Waals surface area contributed by atoms with Crippen molar-refractivity contribution >= 4 is 0 Å². The average molecular weight is 303 g/mol. The van der Waals surface area contributed by atoms with Crippen LogP contribution in [0.2, 0.25) is 0 Å². The van der Waals surface area contributed by atoms with E-state index in [1.165, 1.54) is 77.0 Å². The Labute approximate surface area is 139 Å². The monoisotopic (exact) mass is 302 g/mol. The Morgan fingerprint density at radius 3 is 1.77 bits per heavy atom. The summed E-state index contributed by atoms with van der Waals surface area (Å²) in [4.78, 5) is 0. The molecule has 0 saturated heterocycles. The third-order valence-electron chi connectivity index (χ3n) is 6.15. The molecule has 0 spiro atoms. The van der Waals surface area contributed by atoms with Crippen LogP contribution in [-0.2, 0) is 0 Å². The highest BCUT2D eigenvalue weighted by Gasteiger charge is 2.19. The topological polar surface area (TPSA) is 0 Å². The van der Waals surface area contributed by atoms with E-state index >= 15 is 0 Å². The second-order valence-electron chi connectivity index (χ2n) is 7.81. The zero-order valence-electron chi connectivity index (χ0n) is 15.1. The Kier molecular flexibility index (Phi) is 8.34. The van der Waals surface area contributed by atoms with Gasteiger partial charge in [0.15, 0.2) is 0 Å². The molecule has 0 heterocycles. The lowest BCUT2D eigenvalue weighted by atomic mass is 9.79. The van der Waals surface area contributed by atoms with Crippen LogP contribution in [0.4, 0.5) is 0 Å². The molecule has 0 heteroatoms. The van der Waals surface area contributed by atoms with E-state index in [1.807, 2.05) is 0 Å². The first-order chi connectivity index (χ1) is 10.8. The van der Waals surface area contributed by atoms with Gasteiger partial charge in [-0.3, -0.25) is 0 Å². The molecule has 0 aromatic heterocycles. The van der Waals surface area contributed by atoms with E-state index in [1.54, 1.807) is 0 Å². The second-order valence-corrected chi connectivity index (χ2v) is 7.81. The molecule has 0 aromatic rings. The van der Waals surface area contributed by atoms with E-state index in [4.69, 9.17) is 0 Å². The lowest BCUT2D eigenvalue weighted by Gasteiger charge is -2.27. The molecule has 0 aromatic carbocycles. The quantitative estimate of drug-likeness (QED) is 0.432. The van der Waals surface area contributed by atoms with Crippen molar-refractivity contribution in [2.24, 2.45) is 23.7 Å². The van der Waals surface area contributed by atoms with Gasteiger partial charge in [0.2, 0.25) is 0 Å². The molecular formula is C22H38. The predicted molar refractivity (Wildman–Crippen MR) is 99.0 cm³/mol. The van der Waals surface area contributed by atoms with Crippen molar-refractivity contribution < 1.29 is 0 Å². The second kappa shape index (κ2) is 10.3. The molecule has 2 rings (SSSR count). The van der Waals surface area contributed by atoms with Gasteiger partial charge in [0.25, 0.3) is 0 Å². The van der Waals surface area contributed by atoms with E-state index in [2.05, 4.69) is 38.2 Å². The fraction of sp³-hybridized carbons (Fsp3) is 0.818. The largest absolute Gasteiger partial charge is 0.0885 e. The summed E-state index contributed by atoms with van der Waals surface area (Å²) >= 11 is 0. The fourth-order valence-corrected chi connectivity index (χ4v) is 4.41. The maximum atomic E-state index is 2.55. The number of allylic oxidation sites excluding steroid dienone is 4. The molecule has 0 amide bonds. The van der Waals surface area contributed by atoms with Crippen molar-refractivity contribution in [2.45, 2.75) is 90.9 Å². The summed E-state index contributed by atoms with van der Waals surface area (Å²) in [5.74, 6) is 3.83. The zero-order chi connectivity index (χ0) is 15.6. The lowest BCUT2D eigenvalue weighted by Crippen LogP contribution is -2.13.